The molecule has 0 spiro atoms. The molecule has 2 aromatic rings. The third-order valence-corrected chi connectivity index (χ3v) is 4.97. The lowest BCUT2D eigenvalue weighted by atomic mass is 10.1. The molecule has 29 heavy (non-hydrogen) atoms. The predicted octanol–water partition coefficient (Wildman–Crippen LogP) is 3.22. The number of carbonyl (C=O) groups is 1. The molecule has 1 atom stereocenters. The Labute approximate surface area is 174 Å². The third-order valence-electron chi connectivity index (χ3n) is 4.67. The maximum atomic E-state index is 11.4. The molecular weight excluding hydrogens is 394 g/mol. The Kier molecular flexibility index (Phi) is 6.52. The van der Waals surface area contributed by atoms with Crippen LogP contribution in [0, 0.1) is 11.3 Å². The van der Waals surface area contributed by atoms with Crippen LogP contribution < -0.4 is 0 Å². The zero-order valence-electron chi connectivity index (χ0n) is 16.3. The van der Waals surface area contributed by atoms with Gasteiger partial charge >= 0.3 is 5.97 Å². The summed E-state index contributed by atoms with van der Waals surface area (Å²) in [5, 5.41) is 19.9. The highest BCUT2D eigenvalue weighted by atomic mass is 35.5. The number of halogens is 1. The molecule has 1 aromatic carbocycles. The number of hydrogen-bond acceptors (Lipinski definition) is 7. The Morgan fingerprint density at radius 3 is 2.72 bits per heavy atom. The number of aliphatic hydroxyl groups is 1. The van der Waals surface area contributed by atoms with Gasteiger partial charge in [-0.1, -0.05) is 0 Å². The average molecular weight is 416 g/mol. The number of esters is 1. The van der Waals surface area contributed by atoms with Gasteiger partial charge in [-0.05, 0) is 55.6 Å². The van der Waals surface area contributed by atoms with Crippen LogP contribution in [0.4, 0.5) is 5.82 Å². The SMILES string of the molecule is CCOC(=O)CCCCN1C(Cl)=Nc2c(nc(-c3ccc(C#N)cc3)n2C)C1O. The number of aliphatic imine (C=N–C) groups is 1. The minimum absolute atomic E-state index is 0.176. The Hall–Kier alpha value is -2.89. The number of imidazole rings is 1. The second kappa shape index (κ2) is 9.07. The van der Waals surface area contributed by atoms with E-state index < -0.39 is 6.23 Å². The fourth-order valence-corrected chi connectivity index (χ4v) is 3.43. The molecule has 0 amide bonds. The van der Waals surface area contributed by atoms with Crippen molar-refractivity contribution in [2.24, 2.45) is 12.0 Å². The van der Waals surface area contributed by atoms with Gasteiger partial charge in [-0.15, -0.1) is 0 Å². The summed E-state index contributed by atoms with van der Waals surface area (Å²) in [6.07, 6.45) is 0.560. The molecule has 1 N–H and O–H groups in total. The maximum absolute atomic E-state index is 11.4. The number of nitrogens with zero attached hydrogens (tertiary/aromatic N) is 5. The van der Waals surface area contributed by atoms with Gasteiger partial charge in [-0.2, -0.15) is 10.3 Å². The molecule has 3 rings (SSSR count). The Bertz CT molecular complexity index is 962. The molecule has 0 saturated carbocycles. The van der Waals surface area contributed by atoms with E-state index in [1.165, 1.54) is 0 Å². The van der Waals surface area contributed by atoms with Crippen LogP contribution in [-0.4, -0.2) is 44.0 Å². The second-order valence-electron chi connectivity index (χ2n) is 6.60. The number of aromatic nitrogens is 2. The highest BCUT2D eigenvalue weighted by Crippen LogP contribution is 2.37. The van der Waals surface area contributed by atoms with Crippen LogP contribution in [0.1, 0.15) is 43.7 Å². The number of unbranched alkanes of at least 4 members (excludes halogenated alkanes) is 1. The molecule has 1 unspecified atom stereocenters. The van der Waals surface area contributed by atoms with E-state index in [4.69, 9.17) is 21.6 Å². The summed E-state index contributed by atoms with van der Waals surface area (Å²) in [6.45, 7) is 2.58. The normalized spacial score (nSPS) is 15.5. The van der Waals surface area contributed by atoms with Gasteiger partial charge in [-0.25, -0.2) is 4.98 Å². The number of ether oxygens (including phenoxy) is 1. The fraction of sp³-hybridized carbons (Fsp3) is 0.400. The minimum atomic E-state index is -1.03. The first-order valence-corrected chi connectivity index (χ1v) is 9.75. The molecule has 0 bridgehead atoms. The van der Waals surface area contributed by atoms with E-state index in [-0.39, 0.29) is 11.3 Å². The zero-order valence-corrected chi connectivity index (χ0v) is 17.1. The number of carbonyl (C=O) groups excluding carboxylic acids is 1. The van der Waals surface area contributed by atoms with Crippen molar-refractivity contribution >= 4 is 28.7 Å². The van der Waals surface area contributed by atoms with E-state index in [0.29, 0.717) is 55.3 Å². The molecule has 0 radical (unpaired) electrons. The maximum Gasteiger partial charge on any atom is 0.305 e. The molecule has 1 aromatic heterocycles. The van der Waals surface area contributed by atoms with E-state index in [2.05, 4.69) is 16.0 Å². The van der Waals surface area contributed by atoms with Crippen molar-refractivity contribution in [3.05, 3.63) is 35.5 Å². The zero-order chi connectivity index (χ0) is 21.0. The van der Waals surface area contributed by atoms with Gasteiger partial charge in [-0.3, -0.25) is 4.79 Å². The lowest BCUT2D eigenvalue weighted by Crippen LogP contribution is -2.35. The predicted molar refractivity (Wildman–Crippen MR) is 108 cm³/mol. The molecule has 0 aliphatic carbocycles. The highest BCUT2D eigenvalue weighted by molar-refractivity contribution is 6.64. The first kappa shape index (κ1) is 20.8. The first-order valence-electron chi connectivity index (χ1n) is 9.38. The molecule has 0 saturated heterocycles. The standard InChI is InChI=1S/C20H22ClN5O3/c1-3-29-15(27)6-4-5-11-26-19(28)16-18(24-20(26)21)25(2)17(23-16)14-9-7-13(12-22)8-10-14/h7-10,19,28H,3-6,11H2,1-2H3. The largest absolute Gasteiger partial charge is 0.466 e. The van der Waals surface area contributed by atoms with Crippen LogP contribution in [0.5, 0.6) is 0 Å². The van der Waals surface area contributed by atoms with E-state index in [9.17, 15) is 9.90 Å². The number of hydrogen-bond donors (Lipinski definition) is 1. The minimum Gasteiger partial charge on any atom is -0.466 e. The van der Waals surface area contributed by atoms with Crippen molar-refractivity contribution < 1.29 is 14.6 Å². The Balaban J connectivity index is 1.74. The van der Waals surface area contributed by atoms with E-state index in [1.54, 1.807) is 47.7 Å². The molecule has 1 aliphatic rings. The number of benzene rings is 1. The summed E-state index contributed by atoms with van der Waals surface area (Å²) in [5.74, 6) is 0.881. The third kappa shape index (κ3) is 4.42. The fourth-order valence-electron chi connectivity index (χ4n) is 3.17. The molecule has 152 valence electrons. The van der Waals surface area contributed by atoms with Crippen LogP contribution in [0.15, 0.2) is 29.3 Å². The van der Waals surface area contributed by atoms with Crippen molar-refractivity contribution in [1.29, 1.82) is 5.26 Å². The summed E-state index contributed by atoms with van der Waals surface area (Å²) in [6, 6.07) is 9.12. The molecule has 0 fully saturated rings. The lowest BCUT2D eigenvalue weighted by molar-refractivity contribution is -0.143. The van der Waals surface area contributed by atoms with E-state index in [0.717, 1.165) is 5.56 Å². The Morgan fingerprint density at radius 2 is 2.07 bits per heavy atom. The topological polar surface area (TPSA) is 104 Å². The molecule has 2 heterocycles. The van der Waals surface area contributed by atoms with E-state index in [1.807, 2.05) is 0 Å². The molecule has 9 heteroatoms. The lowest BCUT2D eigenvalue weighted by Gasteiger charge is -2.30. The van der Waals surface area contributed by atoms with Gasteiger partial charge in [0.05, 0.1) is 18.2 Å². The van der Waals surface area contributed by atoms with Gasteiger partial charge in [0.1, 0.15) is 11.5 Å². The summed E-state index contributed by atoms with van der Waals surface area (Å²) < 4.78 is 6.68. The van der Waals surface area contributed by atoms with Crippen LogP contribution in [-0.2, 0) is 16.6 Å². The number of rotatable bonds is 7. The van der Waals surface area contributed by atoms with Gasteiger partial charge in [0, 0.05) is 25.6 Å². The van der Waals surface area contributed by atoms with Crippen LogP contribution in [0.2, 0.25) is 0 Å². The van der Waals surface area contributed by atoms with Crippen molar-refractivity contribution in [2.75, 3.05) is 13.2 Å². The molecular formula is C20H22ClN5O3. The molecule has 8 nitrogen and oxygen atoms in total. The second-order valence-corrected chi connectivity index (χ2v) is 6.94. The van der Waals surface area contributed by atoms with Crippen molar-refractivity contribution in [1.82, 2.24) is 14.5 Å². The monoisotopic (exact) mass is 415 g/mol. The van der Waals surface area contributed by atoms with Crippen LogP contribution in [0.3, 0.4) is 0 Å². The van der Waals surface area contributed by atoms with Gasteiger partial charge in [0.15, 0.2) is 12.0 Å². The number of fused-ring (bicyclic) bond motifs is 1. The first-order chi connectivity index (χ1) is 14.0. The van der Waals surface area contributed by atoms with Gasteiger partial charge < -0.3 is 19.3 Å². The Morgan fingerprint density at radius 1 is 1.34 bits per heavy atom. The quantitative estimate of drug-likeness (QED) is 0.423. The summed E-state index contributed by atoms with van der Waals surface area (Å²) in [7, 11) is 1.80. The van der Waals surface area contributed by atoms with Crippen LogP contribution in [0.25, 0.3) is 11.4 Å². The average Bonchev–Trinajstić information content (AvgIpc) is 3.04. The number of nitriles is 1. The van der Waals surface area contributed by atoms with Gasteiger partial charge in [0.25, 0.3) is 0 Å². The van der Waals surface area contributed by atoms with Crippen molar-refractivity contribution in [2.45, 2.75) is 32.4 Å². The van der Waals surface area contributed by atoms with E-state index >= 15 is 0 Å². The number of amidine groups is 1. The van der Waals surface area contributed by atoms with Crippen LogP contribution >= 0.6 is 11.6 Å². The summed E-state index contributed by atoms with van der Waals surface area (Å²) in [5.41, 5.74) is 1.78. The smallest absolute Gasteiger partial charge is 0.305 e. The van der Waals surface area contributed by atoms with Crippen molar-refractivity contribution in [3.8, 4) is 17.5 Å². The highest BCUT2D eigenvalue weighted by Gasteiger charge is 2.32. The molecule has 1 aliphatic heterocycles. The van der Waals surface area contributed by atoms with Gasteiger partial charge in [0.2, 0.25) is 5.29 Å². The number of aliphatic hydroxyl groups excluding tert-OH is 1. The summed E-state index contributed by atoms with van der Waals surface area (Å²) >= 11 is 6.31. The van der Waals surface area contributed by atoms with Crippen molar-refractivity contribution in [3.63, 3.8) is 0 Å². The summed E-state index contributed by atoms with van der Waals surface area (Å²) in [4.78, 5) is 22.0.